The number of methoxy groups -OCH3 is 1. The number of nitrogens with zero attached hydrogens (tertiary/aromatic N) is 1. The Bertz CT molecular complexity index is 426. The van der Waals surface area contributed by atoms with Crippen molar-refractivity contribution >= 4 is 11.6 Å². The molecule has 4 heteroatoms. The standard InChI is InChI=1S/C15H22N2O2/c1-12-5-3-4-6-14(12)16-15(18)11-17-9-7-13(19-2)8-10-17/h3-6,13H,7-11H2,1-2H3,(H,16,18). The third kappa shape index (κ3) is 4.04. The number of benzene rings is 1. The molecule has 0 bridgehead atoms. The van der Waals surface area contributed by atoms with E-state index < -0.39 is 0 Å². The van der Waals surface area contributed by atoms with Crippen LogP contribution < -0.4 is 5.32 Å². The van der Waals surface area contributed by atoms with E-state index in [4.69, 9.17) is 4.74 Å². The number of carbonyl (C=O) groups is 1. The fourth-order valence-corrected chi connectivity index (χ4v) is 2.41. The molecule has 1 saturated heterocycles. The summed E-state index contributed by atoms with van der Waals surface area (Å²) in [5.41, 5.74) is 1.99. The SMILES string of the molecule is COC1CCN(CC(=O)Nc2ccccc2C)CC1. The molecule has 0 aromatic heterocycles. The fraction of sp³-hybridized carbons (Fsp3) is 0.533. The van der Waals surface area contributed by atoms with Crippen LogP contribution in [0, 0.1) is 6.92 Å². The molecular formula is C15H22N2O2. The minimum absolute atomic E-state index is 0.0603. The maximum atomic E-state index is 12.0. The molecule has 1 aromatic rings. The van der Waals surface area contributed by atoms with Gasteiger partial charge in [-0.1, -0.05) is 18.2 Å². The summed E-state index contributed by atoms with van der Waals surface area (Å²) in [5, 5.41) is 2.97. The number of piperidine rings is 1. The molecule has 0 saturated carbocycles. The second-order valence-corrected chi connectivity index (χ2v) is 5.07. The van der Waals surface area contributed by atoms with E-state index >= 15 is 0 Å². The maximum Gasteiger partial charge on any atom is 0.238 e. The summed E-state index contributed by atoms with van der Waals surface area (Å²) in [6.07, 6.45) is 2.37. The van der Waals surface area contributed by atoms with E-state index in [1.54, 1.807) is 7.11 Å². The van der Waals surface area contributed by atoms with E-state index in [0.717, 1.165) is 37.2 Å². The monoisotopic (exact) mass is 262 g/mol. The van der Waals surface area contributed by atoms with Crippen molar-refractivity contribution in [1.82, 2.24) is 4.90 Å². The minimum atomic E-state index is 0.0603. The molecule has 1 amide bonds. The number of carbonyl (C=O) groups excluding carboxylic acids is 1. The van der Waals surface area contributed by atoms with Gasteiger partial charge in [-0.25, -0.2) is 0 Å². The predicted molar refractivity (Wildman–Crippen MR) is 76.3 cm³/mol. The molecule has 0 spiro atoms. The average molecular weight is 262 g/mol. The summed E-state index contributed by atoms with van der Waals surface area (Å²) < 4.78 is 5.33. The van der Waals surface area contributed by atoms with E-state index in [1.807, 2.05) is 31.2 Å². The van der Waals surface area contributed by atoms with Crippen molar-refractivity contribution < 1.29 is 9.53 Å². The van der Waals surface area contributed by atoms with E-state index in [9.17, 15) is 4.79 Å². The van der Waals surface area contributed by atoms with Crippen molar-refractivity contribution in [2.24, 2.45) is 0 Å². The van der Waals surface area contributed by atoms with Crippen LogP contribution in [0.3, 0.4) is 0 Å². The van der Waals surface area contributed by atoms with Crippen molar-refractivity contribution in [2.45, 2.75) is 25.9 Å². The Morgan fingerprint density at radius 2 is 2.05 bits per heavy atom. The molecule has 1 N–H and O–H groups in total. The lowest BCUT2D eigenvalue weighted by molar-refractivity contribution is -0.117. The van der Waals surface area contributed by atoms with Crippen LogP contribution in [0.1, 0.15) is 18.4 Å². The Morgan fingerprint density at radius 3 is 2.68 bits per heavy atom. The van der Waals surface area contributed by atoms with Gasteiger partial charge in [0.15, 0.2) is 0 Å². The highest BCUT2D eigenvalue weighted by Crippen LogP contribution is 2.15. The van der Waals surface area contributed by atoms with Gasteiger partial charge in [-0.05, 0) is 31.4 Å². The Balaban J connectivity index is 1.81. The van der Waals surface area contributed by atoms with Crippen molar-refractivity contribution in [2.75, 3.05) is 32.1 Å². The van der Waals surface area contributed by atoms with Crippen LogP contribution in [-0.4, -0.2) is 43.7 Å². The van der Waals surface area contributed by atoms with Crippen LogP contribution >= 0.6 is 0 Å². The number of likely N-dealkylation sites (tertiary alicyclic amines) is 1. The van der Waals surface area contributed by atoms with Gasteiger partial charge in [0.2, 0.25) is 5.91 Å². The topological polar surface area (TPSA) is 41.6 Å². The van der Waals surface area contributed by atoms with E-state index in [1.165, 1.54) is 0 Å². The van der Waals surface area contributed by atoms with Gasteiger partial charge in [0.05, 0.1) is 12.6 Å². The van der Waals surface area contributed by atoms with Crippen LogP contribution in [0.4, 0.5) is 5.69 Å². The van der Waals surface area contributed by atoms with E-state index in [2.05, 4.69) is 10.2 Å². The quantitative estimate of drug-likeness (QED) is 0.903. The van der Waals surface area contributed by atoms with Crippen LogP contribution in [0.15, 0.2) is 24.3 Å². The molecule has 2 rings (SSSR count). The summed E-state index contributed by atoms with van der Waals surface area (Å²) in [4.78, 5) is 14.2. The maximum absolute atomic E-state index is 12.0. The zero-order valence-corrected chi connectivity index (χ0v) is 11.7. The molecule has 0 atom stereocenters. The summed E-state index contributed by atoms with van der Waals surface area (Å²) in [6, 6.07) is 7.84. The third-order valence-corrected chi connectivity index (χ3v) is 3.65. The molecular weight excluding hydrogens is 240 g/mol. The number of nitrogens with one attached hydrogen (secondary N) is 1. The molecule has 0 radical (unpaired) electrons. The Labute approximate surface area is 114 Å². The molecule has 19 heavy (non-hydrogen) atoms. The van der Waals surface area contributed by atoms with Crippen molar-refractivity contribution in [3.8, 4) is 0 Å². The molecule has 0 unspecified atom stereocenters. The third-order valence-electron chi connectivity index (χ3n) is 3.65. The zero-order valence-electron chi connectivity index (χ0n) is 11.7. The Hall–Kier alpha value is -1.39. The Morgan fingerprint density at radius 1 is 1.37 bits per heavy atom. The van der Waals surface area contributed by atoms with Gasteiger partial charge in [-0.15, -0.1) is 0 Å². The first-order valence-corrected chi connectivity index (χ1v) is 6.79. The summed E-state index contributed by atoms with van der Waals surface area (Å²) >= 11 is 0. The first-order valence-electron chi connectivity index (χ1n) is 6.79. The lowest BCUT2D eigenvalue weighted by Gasteiger charge is -2.30. The molecule has 1 aliphatic heterocycles. The number of aryl methyl sites for hydroxylation is 1. The van der Waals surface area contributed by atoms with Gasteiger partial charge in [0.1, 0.15) is 0 Å². The molecule has 1 aliphatic rings. The number of amides is 1. The van der Waals surface area contributed by atoms with E-state index in [-0.39, 0.29) is 5.91 Å². The zero-order chi connectivity index (χ0) is 13.7. The van der Waals surface area contributed by atoms with Crippen LogP contribution in [0.5, 0.6) is 0 Å². The van der Waals surface area contributed by atoms with Crippen LogP contribution in [0.2, 0.25) is 0 Å². The molecule has 0 aliphatic carbocycles. The average Bonchev–Trinajstić information content (AvgIpc) is 2.42. The van der Waals surface area contributed by atoms with Gasteiger partial charge in [0, 0.05) is 25.9 Å². The second kappa shape index (κ2) is 6.68. The van der Waals surface area contributed by atoms with Gasteiger partial charge in [-0.2, -0.15) is 0 Å². The fourth-order valence-electron chi connectivity index (χ4n) is 2.41. The van der Waals surface area contributed by atoms with Crippen molar-refractivity contribution in [3.05, 3.63) is 29.8 Å². The van der Waals surface area contributed by atoms with Crippen LogP contribution in [0.25, 0.3) is 0 Å². The highest BCUT2D eigenvalue weighted by molar-refractivity contribution is 5.92. The molecule has 1 aromatic carbocycles. The number of ether oxygens (including phenoxy) is 1. The van der Waals surface area contributed by atoms with E-state index in [0.29, 0.717) is 12.6 Å². The number of rotatable bonds is 4. The number of anilines is 1. The number of para-hydroxylation sites is 1. The number of hydrogen-bond acceptors (Lipinski definition) is 3. The first kappa shape index (κ1) is 14.0. The molecule has 1 heterocycles. The van der Waals surface area contributed by atoms with Crippen LogP contribution in [-0.2, 0) is 9.53 Å². The first-order chi connectivity index (χ1) is 9.19. The van der Waals surface area contributed by atoms with Crippen molar-refractivity contribution in [3.63, 3.8) is 0 Å². The summed E-state index contributed by atoms with van der Waals surface area (Å²) in [6.45, 7) is 4.32. The minimum Gasteiger partial charge on any atom is -0.381 e. The lowest BCUT2D eigenvalue weighted by atomic mass is 10.1. The molecule has 4 nitrogen and oxygen atoms in total. The van der Waals surface area contributed by atoms with Crippen molar-refractivity contribution in [1.29, 1.82) is 0 Å². The number of hydrogen-bond donors (Lipinski definition) is 1. The largest absolute Gasteiger partial charge is 0.381 e. The van der Waals surface area contributed by atoms with Gasteiger partial charge in [0.25, 0.3) is 0 Å². The summed E-state index contributed by atoms with van der Waals surface area (Å²) in [5.74, 6) is 0.0603. The Kier molecular flexibility index (Phi) is 4.93. The molecule has 104 valence electrons. The normalized spacial score (nSPS) is 17.4. The smallest absolute Gasteiger partial charge is 0.238 e. The van der Waals surface area contributed by atoms with Gasteiger partial charge in [-0.3, -0.25) is 9.69 Å². The second-order valence-electron chi connectivity index (χ2n) is 5.07. The summed E-state index contributed by atoms with van der Waals surface area (Å²) in [7, 11) is 1.76. The van der Waals surface area contributed by atoms with Gasteiger partial charge >= 0.3 is 0 Å². The predicted octanol–water partition coefficient (Wildman–Crippen LogP) is 2.04. The highest BCUT2D eigenvalue weighted by atomic mass is 16.5. The van der Waals surface area contributed by atoms with Gasteiger partial charge < -0.3 is 10.1 Å². The highest BCUT2D eigenvalue weighted by Gasteiger charge is 2.20. The lowest BCUT2D eigenvalue weighted by Crippen LogP contribution is -2.41. The molecule has 1 fully saturated rings.